The monoisotopic (exact) mass is 751 g/mol. The summed E-state index contributed by atoms with van der Waals surface area (Å²) in [4.78, 5) is 2.36. The van der Waals surface area contributed by atoms with Gasteiger partial charge in [-0.2, -0.15) is 0 Å². The van der Waals surface area contributed by atoms with Crippen molar-refractivity contribution in [2.45, 2.75) is 0 Å². The Bertz CT molecular complexity index is 2970. The molecule has 0 heterocycles. The van der Waals surface area contributed by atoms with E-state index in [4.69, 9.17) is 0 Å². The lowest BCUT2D eigenvalue weighted by Crippen LogP contribution is -2.09. The van der Waals surface area contributed by atoms with Crippen LogP contribution in [0.2, 0.25) is 0 Å². The molecule has 1 nitrogen and oxygen atoms in total. The first-order valence-corrected chi connectivity index (χ1v) is 20.2. The maximum Gasteiger partial charge on any atom is 0.0462 e. The van der Waals surface area contributed by atoms with Crippen LogP contribution in [0.1, 0.15) is 0 Å². The van der Waals surface area contributed by atoms with E-state index in [0.29, 0.717) is 0 Å². The Labute approximate surface area is 346 Å². The minimum atomic E-state index is 1.09. The minimum absolute atomic E-state index is 1.09. The van der Waals surface area contributed by atoms with Crippen molar-refractivity contribution in [2.75, 3.05) is 4.90 Å². The fraction of sp³-hybridized carbons (Fsp3) is 0. The molecule has 0 aliphatic carbocycles. The van der Waals surface area contributed by atoms with Crippen LogP contribution in [-0.4, -0.2) is 0 Å². The molecular weight excluding hydrogens is 711 g/mol. The summed E-state index contributed by atoms with van der Waals surface area (Å²) in [6.07, 6.45) is 0. The second-order valence-corrected chi connectivity index (χ2v) is 14.9. The molecule has 0 amide bonds. The summed E-state index contributed by atoms with van der Waals surface area (Å²) in [5.74, 6) is 0. The third kappa shape index (κ3) is 7.34. The quantitative estimate of drug-likeness (QED) is 0.142. The predicted octanol–water partition coefficient (Wildman–Crippen LogP) is 16.3. The molecule has 0 aliphatic heterocycles. The lowest BCUT2D eigenvalue weighted by Gasteiger charge is -2.26. The van der Waals surface area contributed by atoms with Crippen molar-refractivity contribution >= 4 is 27.8 Å². The van der Waals surface area contributed by atoms with Crippen molar-refractivity contribution in [3.05, 3.63) is 249 Å². The van der Waals surface area contributed by atoms with Crippen LogP contribution in [0.25, 0.3) is 77.5 Å². The van der Waals surface area contributed by atoms with E-state index in [9.17, 15) is 0 Å². The number of hydrogen-bond acceptors (Lipinski definition) is 1. The van der Waals surface area contributed by atoms with Gasteiger partial charge in [-0.1, -0.05) is 194 Å². The van der Waals surface area contributed by atoms with E-state index in [-0.39, 0.29) is 0 Å². The molecule has 278 valence electrons. The topological polar surface area (TPSA) is 3.24 Å². The molecule has 0 fully saturated rings. The first kappa shape index (κ1) is 35.7. The lowest BCUT2D eigenvalue weighted by atomic mass is 9.91. The highest BCUT2D eigenvalue weighted by Gasteiger charge is 2.16. The van der Waals surface area contributed by atoms with Crippen molar-refractivity contribution in [1.29, 1.82) is 0 Å². The molecule has 0 saturated carbocycles. The van der Waals surface area contributed by atoms with Gasteiger partial charge in [0.05, 0.1) is 0 Å². The summed E-state index contributed by atoms with van der Waals surface area (Å²) >= 11 is 0. The maximum absolute atomic E-state index is 2.36. The number of benzene rings is 10. The second kappa shape index (κ2) is 16.0. The van der Waals surface area contributed by atoms with Crippen molar-refractivity contribution in [3.63, 3.8) is 0 Å². The molecular formula is C58H41N. The standard InChI is InChI=1S/C58H41N/c1-5-15-42(16-6-1)45-25-32-52(33-26-45)59(54-36-29-48(30-37-54)58-41-51(44-19-9-3-10-20-44)39-50-23-13-14-24-55(50)58)53-34-27-47(28-35-53)57-40-49(43-17-7-2-8-18-43)31-38-56(57)46-21-11-4-12-22-46/h1-41H. The zero-order chi connectivity index (χ0) is 39.4. The first-order valence-electron chi connectivity index (χ1n) is 20.2. The van der Waals surface area contributed by atoms with E-state index in [0.717, 1.165) is 17.1 Å². The van der Waals surface area contributed by atoms with Gasteiger partial charge < -0.3 is 4.90 Å². The van der Waals surface area contributed by atoms with Crippen LogP contribution in [0.3, 0.4) is 0 Å². The molecule has 0 radical (unpaired) electrons. The van der Waals surface area contributed by atoms with Crippen molar-refractivity contribution < 1.29 is 0 Å². The molecule has 0 atom stereocenters. The van der Waals surface area contributed by atoms with E-state index < -0.39 is 0 Å². The van der Waals surface area contributed by atoms with Crippen LogP contribution >= 0.6 is 0 Å². The zero-order valence-electron chi connectivity index (χ0n) is 32.6. The minimum Gasteiger partial charge on any atom is -0.311 e. The Morgan fingerprint density at radius 2 is 0.559 bits per heavy atom. The van der Waals surface area contributed by atoms with E-state index in [1.54, 1.807) is 0 Å². The van der Waals surface area contributed by atoms with Gasteiger partial charge in [0.1, 0.15) is 0 Å². The molecule has 0 spiro atoms. The van der Waals surface area contributed by atoms with Crippen molar-refractivity contribution in [1.82, 2.24) is 0 Å². The Morgan fingerprint density at radius 1 is 0.203 bits per heavy atom. The molecule has 0 unspecified atom stereocenters. The van der Waals surface area contributed by atoms with Gasteiger partial charge in [-0.15, -0.1) is 0 Å². The molecule has 10 aromatic rings. The van der Waals surface area contributed by atoms with Gasteiger partial charge in [0.15, 0.2) is 0 Å². The Hall–Kier alpha value is -7.74. The van der Waals surface area contributed by atoms with Gasteiger partial charge in [0.25, 0.3) is 0 Å². The molecule has 0 aliphatic rings. The molecule has 1 heteroatoms. The maximum atomic E-state index is 2.36. The SMILES string of the molecule is c1ccc(-c2ccc(N(c3ccc(-c4cc(-c5ccccc5)ccc4-c4ccccc4)cc3)c3ccc(-c4cc(-c5ccccc5)cc5ccccc45)cc3)cc2)cc1. The normalized spacial score (nSPS) is 11.1. The number of fused-ring (bicyclic) bond motifs is 1. The average molecular weight is 752 g/mol. The third-order valence-electron chi connectivity index (χ3n) is 11.3. The van der Waals surface area contributed by atoms with E-state index >= 15 is 0 Å². The van der Waals surface area contributed by atoms with Crippen LogP contribution in [0.5, 0.6) is 0 Å². The smallest absolute Gasteiger partial charge is 0.0462 e. The molecule has 0 aromatic heterocycles. The van der Waals surface area contributed by atoms with Gasteiger partial charge in [-0.05, 0) is 132 Å². The number of hydrogen-bond donors (Lipinski definition) is 0. The molecule has 0 bridgehead atoms. The van der Waals surface area contributed by atoms with Gasteiger partial charge >= 0.3 is 0 Å². The number of nitrogens with zero attached hydrogens (tertiary/aromatic N) is 1. The molecule has 10 rings (SSSR count). The van der Waals surface area contributed by atoms with E-state index in [1.807, 2.05) is 0 Å². The zero-order valence-corrected chi connectivity index (χ0v) is 32.6. The summed E-state index contributed by atoms with van der Waals surface area (Å²) in [5, 5.41) is 2.48. The van der Waals surface area contributed by atoms with Crippen LogP contribution < -0.4 is 4.90 Å². The molecule has 10 aromatic carbocycles. The van der Waals surface area contributed by atoms with E-state index in [1.165, 1.54) is 77.5 Å². The fourth-order valence-corrected chi connectivity index (χ4v) is 8.27. The molecule has 0 saturated heterocycles. The van der Waals surface area contributed by atoms with Crippen molar-refractivity contribution in [3.8, 4) is 66.8 Å². The van der Waals surface area contributed by atoms with Gasteiger partial charge in [0.2, 0.25) is 0 Å². The first-order chi connectivity index (χ1) is 29.2. The predicted molar refractivity (Wildman–Crippen MR) is 251 cm³/mol. The Balaban J connectivity index is 1.06. The highest BCUT2D eigenvalue weighted by Crippen LogP contribution is 2.41. The molecule has 0 N–H and O–H groups in total. The fourth-order valence-electron chi connectivity index (χ4n) is 8.27. The highest BCUT2D eigenvalue weighted by molar-refractivity contribution is 6.00. The summed E-state index contributed by atoms with van der Waals surface area (Å²) in [6, 6.07) is 89.8. The number of anilines is 3. The Kier molecular flexibility index (Phi) is 9.68. The number of rotatable bonds is 9. The third-order valence-corrected chi connectivity index (χ3v) is 11.3. The molecule has 59 heavy (non-hydrogen) atoms. The highest BCUT2D eigenvalue weighted by atomic mass is 15.1. The van der Waals surface area contributed by atoms with Crippen LogP contribution in [-0.2, 0) is 0 Å². The van der Waals surface area contributed by atoms with E-state index in [2.05, 4.69) is 254 Å². The lowest BCUT2D eigenvalue weighted by molar-refractivity contribution is 1.28. The van der Waals surface area contributed by atoms with Crippen LogP contribution in [0.15, 0.2) is 249 Å². The summed E-state index contributed by atoms with van der Waals surface area (Å²) in [6.45, 7) is 0. The van der Waals surface area contributed by atoms with Crippen LogP contribution in [0, 0.1) is 0 Å². The van der Waals surface area contributed by atoms with Gasteiger partial charge in [-0.25, -0.2) is 0 Å². The second-order valence-electron chi connectivity index (χ2n) is 14.9. The van der Waals surface area contributed by atoms with Gasteiger partial charge in [-0.3, -0.25) is 0 Å². The summed E-state index contributed by atoms with van der Waals surface area (Å²) in [7, 11) is 0. The van der Waals surface area contributed by atoms with Crippen LogP contribution in [0.4, 0.5) is 17.1 Å². The summed E-state index contributed by atoms with van der Waals surface area (Å²) < 4.78 is 0. The largest absolute Gasteiger partial charge is 0.311 e. The van der Waals surface area contributed by atoms with Crippen molar-refractivity contribution in [2.24, 2.45) is 0 Å². The van der Waals surface area contributed by atoms with Gasteiger partial charge in [0, 0.05) is 17.1 Å². The summed E-state index contributed by atoms with van der Waals surface area (Å²) in [5.41, 5.74) is 17.7. The Morgan fingerprint density at radius 3 is 1.10 bits per heavy atom. The average Bonchev–Trinajstić information content (AvgIpc) is 3.33.